The van der Waals surface area contributed by atoms with Crippen LogP contribution in [0.25, 0.3) is 16.8 Å². The van der Waals surface area contributed by atoms with Crippen LogP contribution in [-0.2, 0) is 6.54 Å². The normalized spacial score (nSPS) is 10.9. The quantitative estimate of drug-likeness (QED) is 0.686. The number of halogens is 2. The zero-order valence-corrected chi connectivity index (χ0v) is 13.5. The van der Waals surface area contributed by atoms with Gasteiger partial charge >= 0.3 is 0 Å². The molecule has 0 aliphatic heterocycles. The summed E-state index contributed by atoms with van der Waals surface area (Å²) in [6.07, 6.45) is 1.82. The van der Waals surface area contributed by atoms with Gasteiger partial charge in [0.1, 0.15) is 0 Å². The lowest BCUT2D eigenvalue weighted by molar-refractivity contribution is 0.574. The Labute approximate surface area is 138 Å². The van der Waals surface area contributed by atoms with Gasteiger partial charge < -0.3 is 0 Å². The number of nitrogens with zero attached hydrogens (tertiary/aromatic N) is 2. The molecule has 0 bridgehead atoms. The van der Waals surface area contributed by atoms with E-state index < -0.39 is 0 Å². The Morgan fingerprint density at radius 1 is 1.00 bits per heavy atom. The molecule has 0 saturated heterocycles. The van der Waals surface area contributed by atoms with Crippen molar-refractivity contribution in [2.24, 2.45) is 0 Å². The first-order valence-electron chi connectivity index (χ1n) is 6.95. The van der Waals surface area contributed by atoms with Crippen molar-refractivity contribution in [1.82, 2.24) is 9.36 Å². The summed E-state index contributed by atoms with van der Waals surface area (Å²) in [4.78, 5) is 12.9. The third-order valence-corrected chi connectivity index (χ3v) is 4.06. The van der Waals surface area contributed by atoms with E-state index in [1.54, 1.807) is 22.9 Å². The standard InChI is InChI=1S/C17H14Cl2N2O/c1-2-20-11-15(14-8-3-4-9-16(14)19)17(22)21(20)13-7-5-6-12(18)10-13/h3-11H,2H2,1H3. The van der Waals surface area contributed by atoms with Gasteiger partial charge in [-0.2, -0.15) is 0 Å². The highest BCUT2D eigenvalue weighted by atomic mass is 35.5. The Morgan fingerprint density at radius 3 is 2.45 bits per heavy atom. The molecule has 0 saturated carbocycles. The Hall–Kier alpha value is -1.97. The minimum Gasteiger partial charge on any atom is -0.285 e. The molecule has 1 aromatic heterocycles. The summed E-state index contributed by atoms with van der Waals surface area (Å²) in [5, 5.41) is 1.15. The molecule has 0 fully saturated rings. The van der Waals surface area contributed by atoms with Gasteiger partial charge in [-0.15, -0.1) is 0 Å². The van der Waals surface area contributed by atoms with Gasteiger partial charge in [-0.25, -0.2) is 4.68 Å². The monoisotopic (exact) mass is 332 g/mol. The number of aromatic nitrogens is 2. The van der Waals surface area contributed by atoms with E-state index in [0.717, 1.165) is 11.3 Å². The lowest BCUT2D eigenvalue weighted by atomic mass is 10.1. The molecule has 0 N–H and O–H groups in total. The zero-order valence-electron chi connectivity index (χ0n) is 12.0. The van der Waals surface area contributed by atoms with E-state index in [2.05, 4.69) is 0 Å². The number of rotatable bonds is 3. The van der Waals surface area contributed by atoms with Crippen molar-refractivity contribution in [3.63, 3.8) is 0 Å². The molecule has 2 aromatic carbocycles. The van der Waals surface area contributed by atoms with Crippen molar-refractivity contribution in [1.29, 1.82) is 0 Å². The molecule has 3 nitrogen and oxygen atoms in total. The lowest BCUT2D eigenvalue weighted by Gasteiger charge is -2.09. The second-order valence-electron chi connectivity index (χ2n) is 4.88. The molecule has 0 radical (unpaired) electrons. The van der Waals surface area contributed by atoms with E-state index in [4.69, 9.17) is 23.2 Å². The summed E-state index contributed by atoms with van der Waals surface area (Å²) in [5.41, 5.74) is 1.93. The van der Waals surface area contributed by atoms with E-state index >= 15 is 0 Å². The predicted octanol–water partition coefficient (Wildman–Crippen LogP) is 4.63. The van der Waals surface area contributed by atoms with Gasteiger partial charge in [-0.1, -0.05) is 47.5 Å². The molecule has 3 aromatic rings. The molecule has 0 amide bonds. The fourth-order valence-electron chi connectivity index (χ4n) is 2.46. The van der Waals surface area contributed by atoms with Gasteiger partial charge in [-0.3, -0.25) is 9.48 Å². The fourth-order valence-corrected chi connectivity index (χ4v) is 2.89. The minimum atomic E-state index is -0.114. The summed E-state index contributed by atoms with van der Waals surface area (Å²) < 4.78 is 3.47. The first kappa shape index (κ1) is 14.9. The van der Waals surface area contributed by atoms with Crippen molar-refractivity contribution >= 4 is 23.2 Å². The average molecular weight is 333 g/mol. The second kappa shape index (κ2) is 6.03. The Kier molecular flexibility index (Phi) is 4.10. The van der Waals surface area contributed by atoms with Crippen LogP contribution >= 0.6 is 23.2 Å². The number of hydrogen-bond donors (Lipinski definition) is 0. The Balaban J connectivity index is 2.25. The summed E-state index contributed by atoms with van der Waals surface area (Å²) in [6.45, 7) is 2.64. The molecule has 3 rings (SSSR count). The van der Waals surface area contributed by atoms with Gasteiger partial charge in [0.25, 0.3) is 5.56 Å². The molecule has 0 aliphatic rings. The Bertz CT molecular complexity index is 880. The van der Waals surface area contributed by atoms with E-state index in [-0.39, 0.29) is 5.56 Å². The van der Waals surface area contributed by atoms with Crippen LogP contribution in [0.15, 0.2) is 59.5 Å². The van der Waals surface area contributed by atoms with Gasteiger partial charge in [0.15, 0.2) is 0 Å². The van der Waals surface area contributed by atoms with Crippen LogP contribution in [0.2, 0.25) is 10.0 Å². The first-order valence-corrected chi connectivity index (χ1v) is 7.70. The third-order valence-electron chi connectivity index (χ3n) is 3.50. The van der Waals surface area contributed by atoms with Crippen molar-refractivity contribution in [3.05, 3.63) is 75.1 Å². The maximum absolute atomic E-state index is 12.9. The molecule has 5 heteroatoms. The van der Waals surface area contributed by atoms with Crippen molar-refractivity contribution in [3.8, 4) is 16.8 Å². The predicted molar refractivity (Wildman–Crippen MR) is 91.2 cm³/mol. The van der Waals surface area contributed by atoms with E-state index in [0.29, 0.717) is 22.2 Å². The van der Waals surface area contributed by atoms with E-state index in [9.17, 15) is 4.79 Å². The second-order valence-corrected chi connectivity index (χ2v) is 5.72. The number of hydrogen-bond acceptors (Lipinski definition) is 1. The largest absolute Gasteiger partial charge is 0.285 e. The Morgan fingerprint density at radius 2 is 1.77 bits per heavy atom. The van der Waals surface area contributed by atoms with Crippen molar-refractivity contribution in [2.45, 2.75) is 13.5 Å². The summed E-state index contributed by atoms with van der Waals surface area (Å²) >= 11 is 12.3. The molecule has 22 heavy (non-hydrogen) atoms. The molecular formula is C17H14Cl2N2O. The van der Waals surface area contributed by atoms with E-state index in [1.165, 1.54) is 0 Å². The van der Waals surface area contributed by atoms with Crippen LogP contribution < -0.4 is 5.56 Å². The van der Waals surface area contributed by atoms with Gasteiger partial charge in [-0.05, 0) is 31.2 Å². The van der Waals surface area contributed by atoms with Gasteiger partial charge in [0.05, 0.1) is 11.3 Å². The molecule has 0 unspecified atom stereocenters. The number of benzene rings is 2. The molecule has 0 aliphatic carbocycles. The van der Waals surface area contributed by atoms with Crippen LogP contribution in [0.1, 0.15) is 6.92 Å². The van der Waals surface area contributed by atoms with E-state index in [1.807, 2.05) is 48.1 Å². The molecule has 112 valence electrons. The third kappa shape index (κ3) is 2.58. The summed E-state index contributed by atoms with van der Waals surface area (Å²) in [5.74, 6) is 0. The lowest BCUT2D eigenvalue weighted by Crippen LogP contribution is -2.21. The van der Waals surface area contributed by atoms with Gasteiger partial charge in [0, 0.05) is 28.4 Å². The first-order chi connectivity index (χ1) is 10.6. The highest BCUT2D eigenvalue weighted by Crippen LogP contribution is 2.26. The van der Waals surface area contributed by atoms with Crippen molar-refractivity contribution < 1.29 is 0 Å². The van der Waals surface area contributed by atoms with Crippen LogP contribution in [0, 0.1) is 0 Å². The van der Waals surface area contributed by atoms with Crippen LogP contribution in [0.3, 0.4) is 0 Å². The molecule has 0 spiro atoms. The van der Waals surface area contributed by atoms with Gasteiger partial charge in [0.2, 0.25) is 0 Å². The SMILES string of the molecule is CCn1cc(-c2ccccc2Cl)c(=O)n1-c1cccc(Cl)c1. The molecular weight excluding hydrogens is 319 g/mol. The summed E-state index contributed by atoms with van der Waals surface area (Å²) in [7, 11) is 0. The molecule has 0 atom stereocenters. The van der Waals surface area contributed by atoms with Crippen molar-refractivity contribution in [2.75, 3.05) is 0 Å². The van der Waals surface area contributed by atoms with Crippen LogP contribution in [-0.4, -0.2) is 9.36 Å². The maximum Gasteiger partial charge on any atom is 0.279 e. The zero-order chi connectivity index (χ0) is 15.7. The average Bonchev–Trinajstić information content (AvgIpc) is 2.84. The topological polar surface area (TPSA) is 26.9 Å². The fraction of sp³-hybridized carbons (Fsp3) is 0.118. The molecule has 1 heterocycles. The highest BCUT2D eigenvalue weighted by molar-refractivity contribution is 6.33. The van der Waals surface area contributed by atoms with Crippen LogP contribution in [0.5, 0.6) is 0 Å². The smallest absolute Gasteiger partial charge is 0.279 e. The summed E-state index contributed by atoms with van der Waals surface area (Å²) in [6, 6.07) is 14.6. The van der Waals surface area contributed by atoms with Crippen LogP contribution in [0.4, 0.5) is 0 Å². The minimum absolute atomic E-state index is 0.114. The number of aryl methyl sites for hydroxylation is 1. The highest BCUT2D eigenvalue weighted by Gasteiger charge is 2.15. The maximum atomic E-state index is 12.9.